The van der Waals surface area contributed by atoms with Crippen molar-refractivity contribution in [2.75, 3.05) is 19.0 Å². The number of rotatable bonds is 8. The lowest BCUT2D eigenvalue weighted by atomic mass is 10.3. The number of ether oxygens (including phenoxy) is 2. The third-order valence-electron chi connectivity index (χ3n) is 3.28. The van der Waals surface area contributed by atoms with Crippen LogP contribution in [0.1, 0.15) is 13.8 Å². The van der Waals surface area contributed by atoms with E-state index < -0.39 is 15.9 Å². The second kappa shape index (κ2) is 8.68. The summed E-state index contributed by atoms with van der Waals surface area (Å²) in [5, 5.41) is 2.61. The molecule has 8 heteroatoms. The standard InChI is InChI=1S/C18H22N2O5S/c1-13(2)25-15-7-9-17(10-8-15)26(22,23)19-12-18(21)20-14-5-4-6-16(11-14)24-3/h4-11,13,19H,12H2,1-3H3,(H,20,21). The number of nitrogens with one attached hydrogen (secondary N) is 2. The van der Waals surface area contributed by atoms with Gasteiger partial charge in [-0.05, 0) is 50.2 Å². The molecule has 0 aliphatic carbocycles. The molecule has 2 N–H and O–H groups in total. The van der Waals surface area contributed by atoms with E-state index in [1.807, 2.05) is 13.8 Å². The van der Waals surface area contributed by atoms with Gasteiger partial charge in [0.2, 0.25) is 15.9 Å². The van der Waals surface area contributed by atoms with Gasteiger partial charge in [0.1, 0.15) is 11.5 Å². The molecule has 0 fully saturated rings. The zero-order chi connectivity index (χ0) is 19.2. The molecule has 0 saturated heterocycles. The Hall–Kier alpha value is -2.58. The maximum atomic E-state index is 12.3. The molecule has 0 unspecified atom stereocenters. The van der Waals surface area contributed by atoms with Crippen LogP contribution in [0.2, 0.25) is 0 Å². The molecule has 0 aliphatic heterocycles. The first-order valence-electron chi connectivity index (χ1n) is 8.00. The predicted molar refractivity (Wildman–Crippen MR) is 99.0 cm³/mol. The van der Waals surface area contributed by atoms with E-state index in [2.05, 4.69) is 10.0 Å². The van der Waals surface area contributed by atoms with E-state index in [0.717, 1.165) is 0 Å². The number of methoxy groups -OCH3 is 1. The topological polar surface area (TPSA) is 93.7 Å². The minimum absolute atomic E-state index is 0.00381. The fourth-order valence-corrected chi connectivity index (χ4v) is 3.10. The van der Waals surface area contributed by atoms with Crippen LogP contribution in [0.3, 0.4) is 0 Å². The minimum Gasteiger partial charge on any atom is -0.497 e. The van der Waals surface area contributed by atoms with Gasteiger partial charge < -0.3 is 14.8 Å². The van der Waals surface area contributed by atoms with Crippen molar-refractivity contribution in [1.82, 2.24) is 4.72 Å². The van der Waals surface area contributed by atoms with Crippen LogP contribution >= 0.6 is 0 Å². The van der Waals surface area contributed by atoms with Crippen molar-refractivity contribution in [2.45, 2.75) is 24.8 Å². The van der Waals surface area contributed by atoms with E-state index in [-0.39, 0.29) is 17.5 Å². The molecule has 26 heavy (non-hydrogen) atoms. The molecule has 0 spiro atoms. The highest BCUT2D eigenvalue weighted by Crippen LogP contribution is 2.18. The fourth-order valence-electron chi connectivity index (χ4n) is 2.12. The maximum absolute atomic E-state index is 12.3. The second-order valence-electron chi connectivity index (χ2n) is 5.74. The smallest absolute Gasteiger partial charge is 0.241 e. The molecule has 1 amide bonds. The van der Waals surface area contributed by atoms with Crippen molar-refractivity contribution >= 4 is 21.6 Å². The van der Waals surface area contributed by atoms with Crippen molar-refractivity contribution < 1.29 is 22.7 Å². The minimum atomic E-state index is -3.80. The van der Waals surface area contributed by atoms with E-state index in [1.54, 1.807) is 36.4 Å². The largest absolute Gasteiger partial charge is 0.497 e. The molecule has 2 rings (SSSR count). The van der Waals surface area contributed by atoms with Gasteiger partial charge in [0, 0.05) is 11.8 Å². The molecular weight excluding hydrogens is 356 g/mol. The number of sulfonamides is 1. The van der Waals surface area contributed by atoms with Gasteiger partial charge in [-0.15, -0.1) is 0 Å². The maximum Gasteiger partial charge on any atom is 0.241 e. The zero-order valence-corrected chi connectivity index (χ0v) is 15.7. The van der Waals surface area contributed by atoms with Crippen LogP contribution in [0.4, 0.5) is 5.69 Å². The van der Waals surface area contributed by atoms with Crippen LogP contribution in [0, 0.1) is 0 Å². The Morgan fingerprint density at radius 3 is 2.38 bits per heavy atom. The molecule has 0 bridgehead atoms. The molecule has 0 aromatic heterocycles. The highest BCUT2D eigenvalue weighted by molar-refractivity contribution is 7.89. The zero-order valence-electron chi connectivity index (χ0n) is 14.9. The molecular formula is C18H22N2O5S. The van der Waals surface area contributed by atoms with Crippen molar-refractivity contribution in [3.63, 3.8) is 0 Å². The van der Waals surface area contributed by atoms with E-state index >= 15 is 0 Å². The van der Waals surface area contributed by atoms with Gasteiger partial charge in [-0.1, -0.05) is 6.07 Å². The molecule has 0 radical (unpaired) electrons. The summed E-state index contributed by atoms with van der Waals surface area (Å²) in [5.74, 6) is 0.684. The van der Waals surface area contributed by atoms with Crippen LogP contribution in [0.25, 0.3) is 0 Å². The molecule has 2 aromatic rings. The Bertz CT molecular complexity index is 848. The van der Waals surface area contributed by atoms with Crippen LogP contribution in [0.15, 0.2) is 53.4 Å². The first kappa shape index (κ1) is 19.7. The average Bonchev–Trinajstić information content (AvgIpc) is 2.60. The number of benzene rings is 2. The van der Waals surface area contributed by atoms with Gasteiger partial charge in [-0.3, -0.25) is 4.79 Å². The number of carbonyl (C=O) groups is 1. The molecule has 140 valence electrons. The average molecular weight is 378 g/mol. The van der Waals surface area contributed by atoms with Crippen LogP contribution in [-0.2, 0) is 14.8 Å². The lowest BCUT2D eigenvalue weighted by molar-refractivity contribution is -0.115. The van der Waals surface area contributed by atoms with Crippen molar-refractivity contribution in [1.29, 1.82) is 0 Å². The third-order valence-corrected chi connectivity index (χ3v) is 4.70. The van der Waals surface area contributed by atoms with Gasteiger partial charge in [0.15, 0.2) is 0 Å². The van der Waals surface area contributed by atoms with Crippen molar-refractivity contribution in [2.24, 2.45) is 0 Å². The summed E-state index contributed by atoms with van der Waals surface area (Å²) in [7, 11) is -2.28. The first-order chi connectivity index (χ1) is 12.3. The SMILES string of the molecule is COc1cccc(NC(=O)CNS(=O)(=O)c2ccc(OC(C)C)cc2)c1. The number of hydrogen-bond donors (Lipinski definition) is 2. The summed E-state index contributed by atoms with van der Waals surface area (Å²) in [4.78, 5) is 12.0. The molecule has 2 aromatic carbocycles. The molecule has 7 nitrogen and oxygen atoms in total. The number of hydrogen-bond acceptors (Lipinski definition) is 5. The number of carbonyl (C=O) groups excluding carboxylic acids is 1. The highest BCUT2D eigenvalue weighted by Gasteiger charge is 2.16. The van der Waals surface area contributed by atoms with Crippen LogP contribution in [-0.4, -0.2) is 34.1 Å². The van der Waals surface area contributed by atoms with Crippen molar-refractivity contribution in [3.05, 3.63) is 48.5 Å². The summed E-state index contributed by atoms with van der Waals surface area (Å²) in [6.45, 7) is 3.38. The van der Waals surface area contributed by atoms with E-state index in [0.29, 0.717) is 17.2 Å². The summed E-state index contributed by atoms with van der Waals surface area (Å²) >= 11 is 0. The summed E-state index contributed by atoms with van der Waals surface area (Å²) in [5.41, 5.74) is 0.517. The Morgan fingerprint density at radius 1 is 1.08 bits per heavy atom. The fraction of sp³-hybridized carbons (Fsp3) is 0.278. The third kappa shape index (κ3) is 5.75. The Balaban J connectivity index is 1.95. The molecule has 0 heterocycles. The Labute approximate surface area is 153 Å². The van der Waals surface area contributed by atoms with Crippen LogP contribution in [0.5, 0.6) is 11.5 Å². The second-order valence-corrected chi connectivity index (χ2v) is 7.51. The Morgan fingerprint density at radius 2 is 1.77 bits per heavy atom. The molecule has 0 atom stereocenters. The van der Waals surface area contributed by atoms with E-state index in [9.17, 15) is 13.2 Å². The quantitative estimate of drug-likeness (QED) is 0.736. The normalized spacial score (nSPS) is 11.2. The van der Waals surface area contributed by atoms with Crippen LogP contribution < -0.4 is 19.5 Å². The molecule has 0 aliphatic rings. The van der Waals surface area contributed by atoms with Gasteiger partial charge in [-0.25, -0.2) is 13.1 Å². The summed E-state index contributed by atoms with van der Waals surface area (Å²) in [6, 6.07) is 12.8. The predicted octanol–water partition coefficient (Wildman–Crippen LogP) is 2.40. The Kier molecular flexibility index (Phi) is 6.59. The van der Waals surface area contributed by atoms with Gasteiger partial charge >= 0.3 is 0 Å². The first-order valence-corrected chi connectivity index (χ1v) is 9.49. The van der Waals surface area contributed by atoms with Gasteiger partial charge in [0.05, 0.1) is 24.7 Å². The van der Waals surface area contributed by atoms with E-state index in [1.165, 1.54) is 19.2 Å². The summed E-state index contributed by atoms with van der Waals surface area (Å²) in [6.07, 6.45) is -0.00381. The van der Waals surface area contributed by atoms with Gasteiger partial charge in [-0.2, -0.15) is 0 Å². The van der Waals surface area contributed by atoms with E-state index in [4.69, 9.17) is 9.47 Å². The van der Waals surface area contributed by atoms with Crippen molar-refractivity contribution in [3.8, 4) is 11.5 Å². The molecule has 0 saturated carbocycles. The van der Waals surface area contributed by atoms with Gasteiger partial charge in [0.25, 0.3) is 0 Å². The number of amides is 1. The summed E-state index contributed by atoms with van der Waals surface area (Å²) < 4.78 is 37.4. The monoisotopic (exact) mass is 378 g/mol. The lowest BCUT2D eigenvalue weighted by Gasteiger charge is -2.11. The highest BCUT2D eigenvalue weighted by atomic mass is 32.2. The lowest BCUT2D eigenvalue weighted by Crippen LogP contribution is -2.32. The number of anilines is 1.